The van der Waals surface area contributed by atoms with Crippen molar-refractivity contribution >= 4 is 28.4 Å². The predicted octanol–water partition coefficient (Wildman–Crippen LogP) is 4.16. The van der Waals surface area contributed by atoms with Gasteiger partial charge < -0.3 is 0 Å². The standard InChI is InChI=1S/C16H13IO/c1-16(2)13-6-4-3-5-11(13)15(18)12-9-10(17)7-8-14(12)16/h3-9H,1-2H3. The quantitative estimate of drug-likeness (QED) is 0.654. The van der Waals surface area contributed by atoms with Crippen LogP contribution in [0, 0.1) is 3.57 Å². The lowest BCUT2D eigenvalue weighted by molar-refractivity contribution is 0.103. The molecule has 0 aromatic heterocycles. The van der Waals surface area contributed by atoms with Crippen LogP contribution in [0.15, 0.2) is 42.5 Å². The molecule has 0 atom stereocenters. The zero-order valence-electron chi connectivity index (χ0n) is 10.3. The van der Waals surface area contributed by atoms with Gasteiger partial charge in [-0.3, -0.25) is 4.79 Å². The first-order valence-electron chi connectivity index (χ1n) is 5.96. The van der Waals surface area contributed by atoms with Crippen molar-refractivity contribution in [1.82, 2.24) is 0 Å². The third-order valence-corrected chi connectivity index (χ3v) is 4.42. The predicted molar refractivity (Wildman–Crippen MR) is 81.2 cm³/mol. The Morgan fingerprint density at radius 3 is 2.39 bits per heavy atom. The van der Waals surface area contributed by atoms with Crippen LogP contribution in [0.5, 0.6) is 0 Å². The normalized spacial score (nSPS) is 16.1. The molecule has 2 heteroatoms. The summed E-state index contributed by atoms with van der Waals surface area (Å²) in [6.07, 6.45) is 0. The molecular weight excluding hydrogens is 335 g/mol. The van der Waals surface area contributed by atoms with Crippen molar-refractivity contribution in [3.05, 3.63) is 68.3 Å². The van der Waals surface area contributed by atoms with E-state index >= 15 is 0 Å². The van der Waals surface area contributed by atoms with Crippen molar-refractivity contribution in [3.8, 4) is 0 Å². The third-order valence-electron chi connectivity index (χ3n) is 3.74. The fraction of sp³-hybridized carbons (Fsp3) is 0.188. The van der Waals surface area contributed by atoms with Gasteiger partial charge in [0.25, 0.3) is 0 Å². The molecule has 0 saturated carbocycles. The highest BCUT2D eigenvalue weighted by molar-refractivity contribution is 14.1. The first-order chi connectivity index (χ1) is 8.51. The van der Waals surface area contributed by atoms with Gasteiger partial charge in [-0.1, -0.05) is 44.2 Å². The molecule has 0 spiro atoms. The van der Waals surface area contributed by atoms with Gasteiger partial charge in [-0.05, 0) is 45.9 Å². The molecule has 90 valence electrons. The largest absolute Gasteiger partial charge is 0.289 e. The second kappa shape index (κ2) is 3.92. The molecule has 1 aliphatic rings. The lowest BCUT2D eigenvalue weighted by atomic mass is 9.68. The molecule has 1 aliphatic carbocycles. The molecule has 3 rings (SSSR count). The lowest BCUT2D eigenvalue weighted by Crippen LogP contribution is -2.30. The van der Waals surface area contributed by atoms with Gasteiger partial charge in [0.05, 0.1) is 0 Å². The highest BCUT2D eigenvalue weighted by atomic mass is 127. The molecule has 0 N–H and O–H groups in total. The molecule has 0 heterocycles. The minimum absolute atomic E-state index is 0.107. The Labute approximate surface area is 120 Å². The molecular formula is C16H13IO. The van der Waals surface area contributed by atoms with Crippen LogP contribution >= 0.6 is 22.6 Å². The fourth-order valence-corrected chi connectivity index (χ4v) is 3.26. The molecule has 1 nitrogen and oxygen atoms in total. The van der Waals surface area contributed by atoms with E-state index < -0.39 is 0 Å². The Balaban J connectivity index is 2.37. The van der Waals surface area contributed by atoms with Gasteiger partial charge in [0.1, 0.15) is 0 Å². The number of rotatable bonds is 0. The molecule has 0 fully saturated rings. The molecule has 0 unspecified atom stereocenters. The van der Waals surface area contributed by atoms with Crippen molar-refractivity contribution in [2.24, 2.45) is 0 Å². The summed E-state index contributed by atoms with van der Waals surface area (Å²) in [6.45, 7) is 4.37. The zero-order valence-corrected chi connectivity index (χ0v) is 12.5. The molecule has 0 bridgehead atoms. The summed E-state index contributed by atoms with van der Waals surface area (Å²) in [7, 11) is 0. The Morgan fingerprint density at radius 1 is 0.944 bits per heavy atom. The maximum atomic E-state index is 12.5. The van der Waals surface area contributed by atoms with Gasteiger partial charge in [0.2, 0.25) is 0 Å². The zero-order chi connectivity index (χ0) is 12.9. The van der Waals surface area contributed by atoms with E-state index in [-0.39, 0.29) is 11.2 Å². The van der Waals surface area contributed by atoms with Gasteiger partial charge in [0.15, 0.2) is 5.78 Å². The Hall–Kier alpha value is -1.16. The van der Waals surface area contributed by atoms with Crippen LogP contribution < -0.4 is 0 Å². The number of carbonyl (C=O) groups is 1. The molecule has 2 aromatic carbocycles. The first kappa shape index (κ1) is 11.9. The highest BCUT2D eigenvalue weighted by Gasteiger charge is 2.36. The Morgan fingerprint density at radius 2 is 1.61 bits per heavy atom. The SMILES string of the molecule is CC1(C)c2ccccc2C(=O)c2cc(I)ccc21. The van der Waals surface area contributed by atoms with Gasteiger partial charge >= 0.3 is 0 Å². The number of hydrogen-bond donors (Lipinski definition) is 0. The minimum Gasteiger partial charge on any atom is -0.289 e. The average Bonchev–Trinajstić information content (AvgIpc) is 2.36. The average molecular weight is 348 g/mol. The fourth-order valence-electron chi connectivity index (χ4n) is 2.77. The third kappa shape index (κ3) is 1.55. The number of benzene rings is 2. The summed E-state index contributed by atoms with van der Waals surface area (Å²) in [4.78, 5) is 12.5. The maximum Gasteiger partial charge on any atom is 0.193 e. The summed E-state index contributed by atoms with van der Waals surface area (Å²) in [5, 5.41) is 0. The second-order valence-corrected chi connectivity index (χ2v) is 6.44. The van der Waals surface area contributed by atoms with Crippen molar-refractivity contribution in [2.45, 2.75) is 19.3 Å². The summed E-state index contributed by atoms with van der Waals surface area (Å²) >= 11 is 2.26. The van der Waals surface area contributed by atoms with Crippen LogP contribution in [0.1, 0.15) is 40.9 Å². The molecule has 0 amide bonds. The van der Waals surface area contributed by atoms with Crippen molar-refractivity contribution in [2.75, 3.05) is 0 Å². The van der Waals surface area contributed by atoms with Crippen molar-refractivity contribution < 1.29 is 4.79 Å². The van der Waals surface area contributed by atoms with E-state index in [0.717, 1.165) is 25.8 Å². The van der Waals surface area contributed by atoms with Crippen molar-refractivity contribution in [3.63, 3.8) is 0 Å². The van der Waals surface area contributed by atoms with E-state index in [0.29, 0.717) is 0 Å². The van der Waals surface area contributed by atoms with E-state index in [1.807, 2.05) is 24.3 Å². The van der Waals surface area contributed by atoms with Gasteiger partial charge in [-0.25, -0.2) is 0 Å². The van der Waals surface area contributed by atoms with E-state index in [2.05, 4.69) is 54.6 Å². The van der Waals surface area contributed by atoms with Crippen molar-refractivity contribution in [1.29, 1.82) is 0 Å². The van der Waals surface area contributed by atoms with Crippen LogP contribution in [0.4, 0.5) is 0 Å². The van der Waals surface area contributed by atoms with E-state index in [9.17, 15) is 4.79 Å². The van der Waals surface area contributed by atoms with E-state index in [1.165, 1.54) is 0 Å². The number of halogens is 1. The number of ketones is 1. The van der Waals surface area contributed by atoms with Crippen LogP contribution in [0.25, 0.3) is 0 Å². The second-order valence-electron chi connectivity index (χ2n) is 5.19. The minimum atomic E-state index is -0.107. The first-order valence-corrected chi connectivity index (χ1v) is 7.04. The molecule has 0 saturated heterocycles. The maximum absolute atomic E-state index is 12.5. The number of hydrogen-bond acceptors (Lipinski definition) is 1. The van der Waals surface area contributed by atoms with Crippen LogP contribution in [-0.2, 0) is 5.41 Å². The number of fused-ring (bicyclic) bond motifs is 2. The highest BCUT2D eigenvalue weighted by Crippen LogP contribution is 2.41. The Kier molecular flexibility index (Phi) is 2.59. The number of carbonyl (C=O) groups excluding carboxylic acids is 1. The van der Waals surface area contributed by atoms with Gasteiger partial charge in [-0.15, -0.1) is 0 Å². The Bertz CT molecular complexity index is 656. The van der Waals surface area contributed by atoms with Gasteiger partial charge in [0, 0.05) is 20.1 Å². The van der Waals surface area contributed by atoms with Crippen LogP contribution in [0.3, 0.4) is 0 Å². The topological polar surface area (TPSA) is 17.1 Å². The van der Waals surface area contributed by atoms with E-state index in [4.69, 9.17) is 0 Å². The smallest absolute Gasteiger partial charge is 0.193 e. The van der Waals surface area contributed by atoms with Crippen LogP contribution in [0.2, 0.25) is 0 Å². The molecule has 0 radical (unpaired) electrons. The molecule has 18 heavy (non-hydrogen) atoms. The summed E-state index contributed by atoms with van der Waals surface area (Å²) in [5.41, 5.74) is 3.85. The van der Waals surface area contributed by atoms with E-state index in [1.54, 1.807) is 0 Å². The summed E-state index contributed by atoms with van der Waals surface area (Å²) < 4.78 is 1.11. The molecule has 0 aliphatic heterocycles. The summed E-state index contributed by atoms with van der Waals surface area (Å²) in [5.74, 6) is 0.151. The van der Waals surface area contributed by atoms with Crippen LogP contribution in [-0.4, -0.2) is 5.78 Å². The monoisotopic (exact) mass is 348 g/mol. The van der Waals surface area contributed by atoms with Gasteiger partial charge in [-0.2, -0.15) is 0 Å². The summed E-state index contributed by atoms with van der Waals surface area (Å²) in [6, 6.07) is 14.1. The molecule has 2 aromatic rings. The lowest BCUT2D eigenvalue weighted by Gasteiger charge is -2.34.